The predicted molar refractivity (Wildman–Crippen MR) is 160 cm³/mol. The molecule has 0 saturated heterocycles. The number of rotatable bonds is 11. The number of hydrogen-bond acceptors (Lipinski definition) is 9. The minimum atomic E-state index is -0.959. The van der Waals surface area contributed by atoms with Crippen LogP contribution in [-0.2, 0) is 16.6 Å². The number of methoxy groups -OCH3 is 3. The summed E-state index contributed by atoms with van der Waals surface area (Å²) in [6, 6.07) is 12.9. The maximum Gasteiger partial charge on any atom is 0.263 e. The van der Waals surface area contributed by atoms with Crippen molar-refractivity contribution in [1.29, 1.82) is 0 Å². The molecular formula is C31H36N6O5. The monoisotopic (exact) mass is 572 g/mol. The number of H-pyrrole nitrogens is 1. The van der Waals surface area contributed by atoms with E-state index in [1.165, 1.54) is 4.90 Å². The number of nitrogen functional groups attached to an aromatic ring is 1. The fourth-order valence-electron chi connectivity index (χ4n) is 5.32. The lowest BCUT2D eigenvalue weighted by atomic mass is 9.76. The Bertz CT molecular complexity index is 1650. The highest BCUT2D eigenvalue weighted by Gasteiger charge is 2.46. The number of nitrogens with zero attached hydrogens (tertiary/aromatic N) is 3. The molecule has 2 aromatic carbocycles. The standard InChI is InChI=1S/C31H36N6O5/c1-31(2)19-17-20(32)26-27(36-28(35-26)21-8-6-9-24(34-21)42-5)25(19)29(38)37(30(31)39)15-7-13-33-14-12-18-10-11-22(40-3)23(16-18)41-4/h6,8-11,16-17,33H,7,12-15,32H2,1-5H3,(H,35,36). The molecular weight excluding hydrogens is 536 g/mol. The zero-order valence-electron chi connectivity index (χ0n) is 24.5. The van der Waals surface area contributed by atoms with Crippen LogP contribution in [0.2, 0.25) is 0 Å². The summed E-state index contributed by atoms with van der Waals surface area (Å²) in [5, 5.41) is 3.40. The van der Waals surface area contributed by atoms with Gasteiger partial charge in [-0.1, -0.05) is 12.1 Å². The molecule has 0 saturated carbocycles. The van der Waals surface area contributed by atoms with Crippen molar-refractivity contribution in [3.63, 3.8) is 0 Å². The van der Waals surface area contributed by atoms with Gasteiger partial charge in [0, 0.05) is 12.6 Å². The average molecular weight is 573 g/mol. The number of benzene rings is 2. The minimum absolute atomic E-state index is 0.255. The van der Waals surface area contributed by atoms with E-state index in [4.69, 9.17) is 24.9 Å². The Kier molecular flexibility index (Phi) is 8.04. The molecule has 4 N–H and O–H groups in total. The van der Waals surface area contributed by atoms with Gasteiger partial charge in [0.25, 0.3) is 5.91 Å². The van der Waals surface area contributed by atoms with Gasteiger partial charge < -0.3 is 30.2 Å². The molecule has 11 heteroatoms. The van der Waals surface area contributed by atoms with Crippen molar-refractivity contribution in [2.24, 2.45) is 0 Å². The number of carbonyl (C=O) groups excluding carboxylic acids is 2. The first-order valence-corrected chi connectivity index (χ1v) is 13.8. The van der Waals surface area contributed by atoms with E-state index in [0.717, 1.165) is 18.5 Å². The van der Waals surface area contributed by atoms with Crippen LogP contribution in [0.4, 0.5) is 5.69 Å². The Hall–Kier alpha value is -4.64. The summed E-state index contributed by atoms with van der Waals surface area (Å²) in [6.07, 6.45) is 1.40. The fraction of sp³-hybridized carbons (Fsp3) is 0.355. The molecule has 2 amide bonds. The number of nitrogens with two attached hydrogens (primary N) is 1. The molecule has 3 heterocycles. The molecule has 0 spiro atoms. The minimum Gasteiger partial charge on any atom is -0.493 e. The summed E-state index contributed by atoms with van der Waals surface area (Å²) in [7, 11) is 4.77. The molecule has 1 aliphatic heterocycles. The van der Waals surface area contributed by atoms with E-state index in [-0.39, 0.29) is 18.4 Å². The number of ether oxygens (including phenoxy) is 3. The molecule has 0 unspecified atom stereocenters. The summed E-state index contributed by atoms with van der Waals surface area (Å²) >= 11 is 0. The molecule has 0 aliphatic carbocycles. The third-order valence-electron chi connectivity index (χ3n) is 7.66. The second kappa shape index (κ2) is 11.7. The fourth-order valence-corrected chi connectivity index (χ4v) is 5.32. The van der Waals surface area contributed by atoms with Crippen LogP contribution in [0, 0.1) is 0 Å². The molecule has 5 rings (SSSR count). The van der Waals surface area contributed by atoms with Crippen molar-refractivity contribution < 1.29 is 23.8 Å². The van der Waals surface area contributed by atoms with Gasteiger partial charge in [0.15, 0.2) is 17.3 Å². The van der Waals surface area contributed by atoms with Gasteiger partial charge in [-0.2, -0.15) is 0 Å². The molecule has 0 fully saturated rings. The smallest absolute Gasteiger partial charge is 0.263 e. The van der Waals surface area contributed by atoms with Gasteiger partial charge >= 0.3 is 0 Å². The number of pyridine rings is 1. The molecule has 220 valence electrons. The second-order valence-electron chi connectivity index (χ2n) is 10.7. The highest BCUT2D eigenvalue weighted by Crippen LogP contribution is 2.40. The lowest BCUT2D eigenvalue weighted by Gasteiger charge is -2.37. The summed E-state index contributed by atoms with van der Waals surface area (Å²) in [6.45, 7) is 5.29. The van der Waals surface area contributed by atoms with E-state index in [2.05, 4.69) is 15.3 Å². The van der Waals surface area contributed by atoms with Gasteiger partial charge in [0.1, 0.15) is 11.2 Å². The van der Waals surface area contributed by atoms with Gasteiger partial charge in [-0.15, -0.1) is 0 Å². The lowest BCUT2D eigenvalue weighted by Crippen LogP contribution is -2.52. The summed E-state index contributed by atoms with van der Waals surface area (Å²) in [5.41, 5.74) is 9.43. The highest BCUT2D eigenvalue weighted by molar-refractivity contribution is 6.19. The van der Waals surface area contributed by atoms with Crippen LogP contribution in [0.15, 0.2) is 42.5 Å². The normalized spacial score (nSPS) is 14.3. The quantitative estimate of drug-likeness (QED) is 0.139. The topological polar surface area (TPSA) is 145 Å². The van der Waals surface area contributed by atoms with Gasteiger partial charge in [0.05, 0.1) is 43.5 Å². The lowest BCUT2D eigenvalue weighted by molar-refractivity contribution is -0.134. The van der Waals surface area contributed by atoms with E-state index in [0.29, 0.717) is 69.7 Å². The van der Waals surface area contributed by atoms with Crippen LogP contribution < -0.4 is 25.3 Å². The van der Waals surface area contributed by atoms with Crippen LogP contribution in [0.1, 0.15) is 41.8 Å². The van der Waals surface area contributed by atoms with Crippen LogP contribution in [0.3, 0.4) is 0 Å². The summed E-state index contributed by atoms with van der Waals surface area (Å²) in [5.74, 6) is 1.65. The first kappa shape index (κ1) is 28.9. The number of aromatic nitrogens is 3. The zero-order valence-corrected chi connectivity index (χ0v) is 24.5. The summed E-state index contributed by atoms with van der Waals surface area (Å²) in [4.78, 5) is 41.1. The zero-order chi connectivity index (χ0) is 30.0. The Balaban J connectivity index is 1.31. The van der Waals surface area contributed by atoms with Crippen LogP contribution in [-0.4, -0.2) is 72.6 Å². The number of amides is 2. The number of anilines is 1. The number of imidazole rings is 1. The molecule has 0 radical (unpaired) electrons. The third kappa shape index (κ3) is 5.23. The molecule has 0 bridgehead atoms. The number of carbonyl (C=O) groups is 2. The number of imide groups is 1. The first-order chi connectivity index (χ1) is 20.2. The van der Waals surface area contributed by atoms with Crippen molar-refractivity contribution in [3.8, 4) is 28.9 Å². The van der Waals surface area contributed by atoms with E-state index in [9.17, 15) is 9.59 Å². The van der Waals surface area contributed by atoms with E-state index in [1.807, 2.05) is 38.1 Å². The second-order valence-corrected chi connectivity index (χ2v) is 10.7. The van der Waals surface area contributed by atoms with E-state index < -0.39 is 5.41 Å². The molecule has 11 nitrogen and oxygen atoms in total. The number of hydrogen-bond donors (Lipinski definition) is 3. The number of aromatic amines is 1. The van der Waals surface area contributed by atoms with Crippen LogP contribution >= 0.6 is 0 Å². The maximum absolute atomic E-state index is 13.8. The van der Waals surface area contributed by atoms with Gasteiger partial charge in [0.2, 0.25) is 11.8 Å². The van der Waals surface area contributed by atoms with Gasteiger partial charge in [-0.3, -0.25) is 14.5 Å². The first-order valence-electron chi connectivity index (χ1n) is 13.8. The summed E-state index contributed by atoms with van der Waals surface area (Å²) < 4.78 is 15.9. The molecule has 4 aromatic rings. The SMILES string of the molecule is COc1cccc(-c2nc3c4c(cc(N)c3[nH]2)C(C)(C)C(=O)N(CCCNCCc2ccc(OC)c(OC)c2)C4=O)n1. The van der Waals surface area contributed by atoms with Crippen molar-refractivity contribution in [2.45, 2.75) is 32.1 Å². The predicted octanol–water partition coefficient (Wildman–Crippen LogP) is 3.72. The molecule has 0 atom stereocenters. The van der Waals surface area contributed by atoms with Crippen molar-refractivity contribution >= 4 is 28.5 Å². The molecule has 1 aliphatic rings. The maximum atomic E-state index is 13.8. The van der Waals surface area contributed by atoms with Crippen LogP contribution in [0.5, 0.6) is 17.4 Å². The van der Waals surface area contributed by atoms with Crippen molar-refractivity contribution in [3.05, 3.63) is 59.2 Å². The molecule has 42 heavy (non-hydrogen) atoms. The highest BCUT2D eigenvalue weighted by atomic mass is 16.5. The number of nitrogens with one attached hydrogen (secondary N) is 2. The van der Waals surface area contributed by atoms with Crippen molar-refractivity contribution in [2.75, 3.05) is 46.7 Å². The third-order valence-corrected chi connectivity index (χ3v) is 7.66. The Morgan fingerprint density at radius 2 is 1.76 bits per heavy atom. The van der Waals surface area contributed by atoms with Crippen LogP contribution in [0.25, 0.3) is 22.6 Å². The Labute approximate surface area is 244 Å². The van der Waals surface area contributed by atoms with Gasteiger partial charge in [-0.05, 0) is 75.2 Å². The Morgan fingerprint density at radius 3 is 2.50 bits per heavy atom. The van der Waals surface area contributed by atoms with E-state index in [1.54, 1.807) is 39.5 Å². The molecule has 2 aromatic heterocycles. The largest absolute Gasteiger partial charge is 0.493 e. The Morgan fingerprint density at radius 1 is 0.976 bits per heavy atom. The number of fused-ring (bicyclic) bond motifs is 3. The van der Waals surface area contributed by atoms with E-state index >= 15 is 0 Å². The average Bonchev–Trinajstić information content (AvgIpc) is 3.45. The van der Waals surface area contributed by atoms with Crippen molar-refractivity contribution in [1.82, 2.24) is 25.2 Å². The van der Waals surface area contributed by atoms with Gasteiger partial charge in [-0.25, -0.2) is 9.97 Å².